The maximum atomic E-state index is 13.1. The van der Waals surface area contributed by atoms with Crippen LogP contribution in [0.4, 0.5) is 5.82 Å². The van der Waals surface area contributed by atoms with Crippen molar-refractivity contribution in [2.24, 2.45) is 0 Å². The van der Waals surface area contributed by atoms with Gasteiger partial charge in [-0.25, -0.2) is 23.1 Å². The molecule has 0 unspecified atom stereocenters. The van der Waals surface area contributed by atoms with Crippen LogP contribution in [0.3, 0.4) is 0 Å². The molecule has 2 aliphatic rings. The van der Waals surface area contributed by atoms with E-state index in [1.165, 1.54) is 4.31 Å². The summed E-state index contributed by atoms with van der Waals surface area (Å²) in [5.41, 5.74) is 1.64. The SMILES string of the molecule is COc1ccc(-n2ncc3c(N4CCN(S(=O)(=O)c5ccc(Cl)cc5)CC4)nc(C4CC4)nc32)cc1. The van der Waals surface area contributed by atoms with Gasteiger partial charge in [-0.05, 0) is 61.4 Å². The van der Waals surface area contributed by atoms with Crippen LogP contribution in [0.1, 0.15) is 24.6 Å². The van der Waals surface area contributed by atoms with Crippen LogP contribution in [-0.2, 0) is 10.0 Å². The Hall–Kier alpha value is -3.21. The van der Waals surface area contributed by atoms with Crippen molar-refractivity contribution in [1.29, 1.82) is 0 Å². The Morgan fingerprint density at radius 1 is 0.944 bits per heavy atom. The topological polar surface area (TPSA) is 93.5 Å². The minimum Gasteiger partial charge on any atom is -0.497 e. The molecular formula is C25H25ClN6O3S. The summed E-state index contributed by atoms with van der Waals surface area (Å²) in [4.78, 5) is 12.2. The molecule has 6 rings (SSSR count). The zero-order valence-electron chi connectivity index (χ0n) is 19.7. The minimum atomic E-state index is -3.59. The van der Waals surface area contributed by atoms with Crippen molar-refractivity contribution in [2.75, 3.05) is 38.2 Å². The molecule has 0 radical (unpaired) electrons. The third kappa shape index (κ3) is 4.19. The zero-order chi connectivity index (χ0) is 24.9. The lowest BCUT2D eigenvalue weighted by Gasteiger charge is -2.35. The molecule has 4 aromatic rings. The first kappa shape index (κ1) is 23.2. The molecule has 186 valence electrons. The maximum Gasteiger partial charge on any atom is 0.243 e. The highest BCUT2D eigenvalue weighted by atomic mass is 35.5. The summed E-state index contributed by atoms with van der Waals surface area (Å²) in [6.07, 6.45) is 3.95. The highest BCUT2D eigenvalue weighted by molar-refractivity contribution is 7.89. The second kappa shape index (κ2) is 9.02. The fourth-order valence-electron chi connectivity index (χ4n) is 4.48. The van der Waals surface area contributed by atoms with Crippen molar-refractivity contribution < 1.29 is 13.2 Å². The van der Waals surface area contributed by atoms with Gasteiger partial charge in [-0.1, -0.05) is 11.6 Å². The molecule has 36 heavy (non-hydrogen) atoms. The predicted octanol–water partition coefficient (Wildman–Crippen LogP) is 3.87. The fraction of sp³-hybridized carbons (Fsp3) is 0.320. The first-order valence-electron chi connectivity index (χ1n) is 11.8. The van der Waals surface area contributed by atoms with E-state index in [0.29, 0.717) is 37.1 Å². The van der Waals surface area contributed by atoms with E-state index < -0.39 is 10.0 Å². The predicted molar refractivity (Wildman–Crippen MR) is 138 cm³/mol. The Kier molecular flexibility index (Phi) is 5.82. The summed E-state index contributed by atoms with van der Waals surface area (Å²) in [5.74, 6) is 2.77. The summed E-state index contributed by atoms with van der Waals surface area (Å²) in [6, 6.07) is 14.0. The smallest absolute Gasteiger partial charge is 0.243 e. The van der Waals surface area contributed by atoms with E-state index in [1.54, 1.807) is 37.6 Å². The molecule has 0 bridgehead atoms. The van der Waals surface area contributed by atoms with Crippen LogP contribution in [0, 0.1) is 0 Å². The second-order valence-electron chi connectivity index (χ2n) is 9.02. The van der Waals surface area contributed by atoms with Crippen molar-refractivity contribution in [1.82, 2.24) is 24.1 Å². The quantitative estimate of drug-likeness (QED) is 0.378. The highest BCUT2D eigenvalue weighted by Gasteiger charge is 2.32. The minimum absolute atomic E-state index is 0.251. The number of benzene rings is 2. The molecule has 1 saturated carbocycles. The van der Waals surface area contributed by atoms with Crippen molar-refractivity contribution in [3.63, 3.8) is 0 Å². The maximum absolute atomic E-state index is 13.1. The normalized spacial score (nSPS) is 17.0. The van der Waals surface area contributed by atoms with E-state index in [2.05, 4.69) is 10.00 Å². The molecule has 3 heterocycles. The number of nitrogens with zero attached hydrogens (tertiary/aromatic N) is 6. The number of aromatic nitrogens is 4. The number of rotatable bonds is 6. The molecule has 1 aliphatic heterocycles. The second-order valence-corrected chi connectivity index (χ2v) is 11.4. The van der Waals surface area contributed by atoms with Gasteiger partial charge in [0.05, 0.1) is 29.3 Å². The van der Waals surface area contributed by atoms with Gasteiger partial charge in [0, 0.05) is 37.1 Å². The van der Waals surface area contributed by atoms with E-state index in [4.69, 9.17) is 26.3 Å². The molecule has 0 amide bonds. The number of anilines is 1. The number of hydrogen-bond donors (Lipinski definition) is 0. The summed E-state index contributed by atoms with van der Waals surface area (Å²) >= 11 is 5.94. The largest absolute Gasteiger partial charge is 0.497 e. The zero-order valence-corrected chi connectivity index (χ0v) is 21.3. The number of sulfonamides is 1. The summed E-state index contributed by atoms with van der Waals surface area (Å²) in [5, 5.41) is 5.99. The van der Waals surface area contributed by atoms with Gasteiger partial charge in [0.15, 0.2) is 5.65 Å². The Labute approximate surface area is 214 Å². The lowest BCUT2D eigenvalue weighted by atomic mass is 10.2. The lowest BCUT2D eigenvalue weighted by Crippen LogP contribution is -2.49. The molecule has 2 aromatic carbocycles. The lowest BCUT2D eigenvalue weighted by molar-refractivity contribution is 0.384. The molecular weight excluding hydrogens is 500 g/mol. The molecule has 1 aliphatic carbocycles. The van der Waals surface area contributed by atoms with Crippen LogP contribution < -0.4 is 9.64 Å². The van der Waals surface area contributed by atoms with Crippen molar-refractivity contribution >= 4 is 38.5 Å². The molecule has 1 saturated heterocycles. The number of piperazine rings is 1. The van der Waals surface area contributed by atoms with Crippen molar-refractivity contribution in [3.8, 4) is 11.4 Å². The van der Waals surface area contributed by atoms with E-state index in [-0.39, 0.29) is 4.90 Å². The summed E-state index contributed by atoms with van der Waals surface area (Å²) in [7, 11) is -1.95. The average Bonchev–Trinajstić information content (AvgIpc) is 3.68. The van der Waals surface area contributed by atoms with E-state index in [9.17, 15) is 8.42 Å². The van der Waals surface area contributed by atoms with E-state index >= 15 is 0 Å². The van der Waals surface area contributed by atoms with E-state index in [1.807, 2.05) is 28.9 Å². The highest BCUT2D eigenvalue weighted by Crippen LogP contribution is 2.40. The molecule has 11 heteroatoms. The molecule has 2 fully saturated rings. The van der Waals surface area contributed by atoms with Crippen LogP contribution in [0.15, 0.2) is 59.6 Å². The molecule has 0 N–H and O–H groups in total. The summed E-state index contributed by atoms with van der Waals surface area (Å²) in [6.45, 7) is 1.77. The number of halogens is 1. The fourth-order valence-corrected chi connectivity index (χ4v) is 6.03. The number of methoxy groups -OCH3 is 1. The van der Waals surface area contributed by atoms with Gasteiger partial charge in [-0.2, -0.15) is 9.40 Å². The third-order valence-electron chi connectivity index (χ3n) is 6.67. The Bertz CT molecular complexity index is 1510. The molecule has 2 aromatic heterocycles. The van der Waals surface area contributed by atoms with Crippen LogP contribution in [0.5, 0.6) is 5.75 Å². The standard InChI is InChI=1S/C25H25ClN6O3S/c1-35-20-8-6-19(7-9-20)32-25-22(16-27-32)24(28-23(29-25)17-2-3-17)30-12-14-31(15-13-30)36(33,34)21-10-4-18(26)5-11-21/h4-11,16-17H,2-3,12-15H2,1H3. The third-order valence-corrected chi connectivity index (χ3v) is 8.84. The monoisotopic (exact) mass is 524 g/mol. The van der Waals surface area contributed by atoms with Crippen molar-refractivity contribution in [2.45, 2.75) is 23.7 Å². The molecule has 0 spiro atoms. The van der Waals surface area contributed by atoms with Gasteiger partial charge in [0.2, 0.25) is 10.0 Å². The van der Waals surface area contributed by atoms with Gasteiger partial charge >= 0.3 is 0 Å². The number of ether oxygens (including phenoxy) is 1. The van der Waals surface area contributed by atoms with Crippen LogP contribution in [-0.4, -0.2) is 65.8 Å². The van der Waals surface area contributed by atoms with Crippen LogP contribution >= 0.6 is 11.6 Å². The Morgan fingerprint density at radius 2 is 1.64 bits per heavy atom. The van der Waals surface area contributed by atoms with Gasteiger partial charge in [0.1, 0.15) is 17.4 Å². The Balaban J connectivity index is 1.30. The van der Waals surface area contributed by atoms with Gasteiger partial charge in [-0.15, -0.1) is 0 Å². The average molecular weight is 525 g/mol. The summed E-state index contributed by atoms with van der Waals surface area (Å²) < 4.78 is 34.9. The van der Waals surface area contributed by atoms with Crippen molar-refractivity contribution in [3.05, 3.63) is 65.6 Å². The first-order chi connectivity index (χ1) is 17.4. The number of hydrogen-bond acceptors (Lipinski definition) is 7. The Morgan fingerprint density at radius 3 is 2.28 bits per heavy atom. The van der Waals surface area contributed by atoms with Gasteiger partial charge in [-0.3, -0.25) is 0 Å². The van der Waals surface area contributed by atoms with E-state index in [0.717, 1.165) is 47.0 Å². The van der Waals surface area contributed by atoms with Gasteiger partial charge < -0.3 is 9.64 Å². The van der Waals surface area contributed by atoms with Crippen LogP contribution in [0.25, 0.3) is 16.7 Å². The first-order valence-corrected chi connectivity index (χ1v) is 13.7. The number of fused-ring (bicyclic) bond motifs is 1. The van der Waals surface area contributed by atoms with Crippen LogP contribution in [0.2, 0.25) is 5.02 Å². The molecule has 9 nitrogen and oxygen atoms in total. The molecule has 0 atom stereocenters. The van der Waals surface area contributed by atoms with Gasteiger partial charge in [0.25, 0.3) is 0 Å².